The van der Waals surface area contributed by atoms with Crippen molar-refractivity contribution in [3.8, 4) is 0 Å². The van der Waals surface area contributed by atoms with E-state index in [1.165, 1.54) is 6.08 Å². The predicted octanol–water partition coefficient (Wildman–Crippen LogP) is 2.45. The number of allylic oxidation sites excluding steroid dienone is 3. The maximum Gasteiger partial charge on any atom is 0.220 e. The van der Waals surface area contributed by atoms with E-state index in [0.717, 1.165) is 0 Å². The average Bonchev–Trinajstić information content (AvgIpc) is 2.40. The summed E-state index contributed by atoms with van der Waals surface area (Å²) < 4.78 is 0. The van der Waals surface area contributed by atoms with Gasteiger partial charge in [0.25, 0.3) is 0 Å². The Morgan fingerprint density at radius 2 is 1.83 bits per heavy atom. The second-order valence-electron chi connectivity index (χ2n) is 3.72. The van der Waals surface area contributed by atoms with Gasteiger partial charge in [-0.25, -0.2) is 0 Å². The van der Waals surface area contributed by atoms with Crippen molar-refractivity contribution in [1.82, 2.24) is 4.91 Å². The van der Waals surface area contributed by atoms with Gasteiger partial charge in [-0.05, 0) is 6.42 Å². The molecule has 0 spiro atoms. The lowest BCUT2D eigenvalue weighted by Gasteiger charge is -2.14. The summed E-state index contributed by atoms with van der Waals surface area (Å²) >= 11 is 0. The Bertz CT molecular complexity index is 637. The number of carbonyl (C=O) groups excluding carboxylic acids is 2. The van der Waals surface area contributed by atoms with Crippen LogP contribution in [0.4, 0.5) is 0 Å². The zero-order valence-electron chi connectivity index (χ0n) is 9.51. The van der Waals surface area contributed by atoms with Gasteiger partial charge >= 0.3 is 0 Å². The van der Waals surface area contributed by atoms with E-state index in [0.29, 0.717) is 11.1 Å². The first kappa shape index (κ1) is 11.8. The molecule has 0 atom stereocenters. The van der Waals surface area contributed by atoms with Crippen molar-refractivity contribution in [1.29, 1.82) is 5.53 Å². The Balaban J connectivity index is 2.70. The Hall–Kier alpha value is -2.65. The third-order valence-corrected chi connectivity index (χ3v) is 2.69. The van der Waals surface area contributed by atoms with Crippen LogP contribution >= 0.6 is 0 Å². The number of ketones is 2. The minimum atomic E-state index is -0.377. The van der Waals surface area contributed by atoms with Crippen molar-refractivity contribution < 1.29 is 9.59 Å². The molecule has 0 unspecified atom stereocenters. The fourth-order valence-corrected chi connectivity index (χ4v) is 1.90. The molecule has 0 radical (unpaired) electrons. The molecule has 0 saturated carbocycles. The van der Waals surface area contributed by atoms with Gasteiger partial charge in [-0.2, -0.15) is 0 Å². The van der Waals surface area contributed by atoms with Crippen LogP contribution in [0.15, 0.2) is 53.3 Å². The largest absolute Gasteiger partial charge is 0.289 e. The third kappa shape index (κ3) is 1.73. The Labute approximate surface area is 103 Å². The van der Waals surface area contributed by atoms with E-state index in [1.807, 2.05) is 0 Å². The van der Waals surface area contributed by atoms with E-state index in [-0.39, 0.29) is 29.3 Å². The van der Waals surface area contributed by atoms with E-state index in [9.17, 15) is 9.59 Å². The minimum absolute atomic E-state index is 0.0615. The zero-order chi connectivity index (χ0) is 13.1. The molecule has 1 aliphatic rings. The molecule has 0 fully saturated rings. The lowest BCUT2D eigenvalue weighted by Crippen LogP contribution is -2.21. The Morgan fingerprint density at radius 1 is 1.22 bits per heavy atom. The molecule has 0 bridgehead atoms. The summed E-state index contributed by atoms with van der Waals surface area (Å²) in [5, 5.41) is 3.47. The molecule has 0 aliphatic heterocycles. The van der Waals surface area contributed by atoms with Crippen LogP contribution in [0.2, 0.25) is 0 Å². The average molecular weight is 240 g/mol. The van der Waals surface area contributed by atoms with Crippen molar-refractivity contribution >= 4 is 11.6 Å². The maximum absolute atomic E-state index is 12.2. The molecule has 18 heavy (non-hydrogen) atoms. The summed E-state index contributed by atoms with van der Waals surface area (Å²) in [6, 6.07) is 6.55. The molecule has 5 nitrogen and oxygen atoms in total. The first-order chi connectivity index (χ1) is 8.70. The molecule has 0 aromatic heterocycles. The predicted molar refractivity (Wildman–Crippen MR) is 64.2 cm³/mol. The lowest BCUT2D eigenvalue weighted by molar-refractivity contribution is 0.0971. The van der Waals surface area contributed by atoms with E-state index in [1.54, 1.807) is 24.3 Å². The molecule has 2 rings (SSSR count). The molecule has 1 aromatic carbocycles. The van der Waals surface area contributed by atoms with Crippen LogP contribution in [0.1, 0.15) is 27.1 Å². The topological polar surface area (TPSA) is 84.4 Å². The van der Waals surface area contributed by atoms with Gasteiger partial charge in [0.2, 0.25) is 16.4 Å². The number of rotatable bonds is 3. The highest BCUT2D eigenvalue weighted by Crippen LogP contribution is 2.28. The zero-order valence-corrected chi connectivity index (χ0v) is 9.51. The van der Waals surface area contributed by atoms with Crippen molar-refractivity contribution in [2.24, 2.45) is 5.11 Å². The van der Waals surface area contributed by atoms with Crippen LogP contribution in [0.5, 0.6) is 0 Å². The Morgan fingerprint density at radius 3 is 2.39 bits per heavy atom. The van der Waals surface area contributed by atoms with Crippen LogP contribution < -0.4 is 4.91 Å². The van der Waals surface area contributed by atoms with Crippen LogP contribution in [-0.4, -0.2) is 11.6 Å². The van der Waals surface area contributed by atoms with Crippen molar-refractivity contribution in [2.45, 2.75) is 6.42 Å². The lowest BCUT2D eigenvalue weighted by atomic mass is 9.86. The quantitative estimate of drug-likeness (QED) is 0.500. The molecule has 0 heterocycles. The highest BCUT2D eigenvalue weighted by Gasteiger charge is 2.33. The van der Waals surface area contributed by atoms with Crippen molar-refractivity contribution in [2.75, 3.05) is 0 Å². The normalized spacial score (nSPS) is 14.0. The molecule has 1 aliphatic carbocycles. The minimum Gasteiger partial charge on any atom is -0.289 e. The van der Waals surface area contributed by atoms with Gasteiger partial charge in [0.15, 0.2) is 10.9 Å². The fraction of sp³-hybridized carbons (Fsp3) is 0.0769. The highest BCUT2D eigenvalue weighted by molar-refractivity contribution is 6.26. The van der Waals surface area contributed by atoms with Gasteiger partial charge in [0, 0.05) is 16.7 Å². The second-order valence-corrected chi connectivity index (χ2v) is 3.72. The number of carbonyl (C=O) groups is 2. The number of hydrogen-bond donors (Lipinski definition) is 1. The second kappa shape index (κ2) is 4.69. The van der Waals surface area contributed by atoms with E-state index in [4.69, 9.17) is 5.53 Å². The van der Waals surface area contributed by atoms with Crippen LogP contribution in [0.25, 0.3) is 0 Å². The molecule has 5 heteroatoms. The van der Waals surface area contributed by atoms with Gasteiger partial charge in [-0.15, -0.1) is 6.58 Å². The summed E-state index contributed by atoms with van der Waals surface area (Å²) in [6.45, 7) is 3.55. The van der Waals surface area contributed by atoms with Crippen LogP contribution in [0, 0.1) is 5.53 Å². The first-order valence-corrected chi connectivity index (χ1v) is 5.30. The summed E-state index contributed by atoms with van der Waals surface area (Å²) in [5.41, 5.74) is 7.58. The van der Waals surface area contributed by atoms with Gasteiger partial charge in [0.05, 0.1) is 0 Å². The standard InChI is InChI=1S/C13H10N3O2/c1-2-5-10-11(15-16-14)13(18)9-7-4-3-6-8(9)12(10)17/h2-4,6-7,14H,1,5H2/q+1. The number of nitrogens with one attached hydrogen (secondary N) is 1. The van der Waals surface area contributed by atoms with Crippen LogP contribution in [-0.2, 0) is 0 Å². The number of fused-ring (bicyclic) bond motifs is 1. The monoisotopic (exact) mass is 240 g/mol. The molecular formula is C13H10N3O2+. The first-order valence-electron chi connectivity index (χ1n) is 5.30. The maximum atomic E-state index is 12.2. The van der Waals surface area contributed by atoms with Crippen LogP contribution in [0.3, 0.4) is 0 Å². The van der Waals surface area contributed by atoms with Gasteiger partial charge in [0.1, 0.15) is 5.53 Å². The molecule has 1 aromatic rings. The summed E-state index contributed by atoms with van der Waals surface area (Å²) in [4.78, 5) is 27.2. The smallest absolute Gasteiger partial charge is 0.220 e. The molecular weight excluding hydrogens is 230 g/mol. The number of nitrogens with zero attached hydrogens (tertiary/aromatic N) is 2. The number of benzene rings is 1. The van der Waals surface area contributed by atoms with Crippen molar-refractivity contribution in [3.05, 3.63) is 59.3 Å². The van der Waals surface area contributed by atoms with E-state index >= 15 is 0 Å². The third-order valence-electron chi connectivity index (χ3n) is 2.69. The fourth-order valence-electron chi connectivity index (χ4n) is 1.90. The number of hydrogen-bond acceptors (Lipinski definition) is 4. The molecule has 0 saturated heterocycles. The summed E-state index contributed by atoms with van der Waals surface area (Å²) in [5.74, 6) is -0.634. The van der Waals surface area contributed by atoms with E-state index < -0.39 is 0 Å². The molecule has 1 N–H and O–H groups in total. The van der Waals surface area contributed by atoms with Crippen molar-refractivity contribution in [3.63, 3.8) is 0 Å². The molecule has 88 valence electrons. The molecule has 0 amide bonds. The summed E-state index contributed by atoms with van der Waals surface area (Å²) in [6.07, 6.45) is 1.75. The number of Topliss-reactive ketones (excluding diaryl/α,β-unsaturated/α-hetero) is 2. The Kier molecular flexibility index (Phi) is 3.08. The highest BCUT2D eigenvalue weighted by atomic mass is 16.1. The van der Waals surface area contributed by atoms with E-state index in [2.05, 4.69) is 16.6 Å². The van der Waals surface area contributed by atoms with Gasteiger partial charge in [-0.3, -0.25) is 9.59 Å². The van der Waals surface area contributed by atoms with Gasteiger partial charge < -0.3 is 0 Å². The van der Waals surface area contributed by atoms with Gasteiger partial charge in [-0.1, -0.05) is 30.3 Å². The summed E-state index contributed by atoms with van der Waals surface area (Å²) in [7, 11) is 0. The SMILES string of the molecule is C=CCC1=C(N=[N+]=N)C(=O)c2ccccc2C1=O.